The Kier molecular flexibility index (Phi) is 44.8. The van der Waals surface area contributed by atoms with Crippen molar-refractivity contribution in [2.24, 2.45) is 0 Å². The van der Waals surface area contributed by atoms with Crippen LogP contribution in [0.3, 0.4) is 0 Å². The van der Waals surface area contributed by atoms with E-state index in [-0.39, 0.29) is 24.9 Å². The highest BCUT2D eigenvalue weighted by Crippen LogP contribution is 2.17. The van der Waals surface area contributed by atoms with Crippen molar-refractivity contribution in [3.63, 3.8) is 0 Å². The molecule has 0 aliphatic heterocycles. The molecule has 60 heavy (non-hydrogen) atoms. The number of nitrogens with one attached hydrogen (secondary N) is 1. The molecular weight excluding hydrogens is 743 g/mol. The number of rotatable bonds is 43. The van der Waals surface area contributed by atoms with Crippen molar-refractivity contribution in [2.75, 3.05) is 6.61 Å². The average molecular weight is 836 g/mol. The molecule has 3 atom stereocenters. The molecule has 344 valence electrons. The molecule has 0 heterocycles. The number of carbonyl (C=O) groups excluding carboxylic acids is 2. The fourth-order valence-corrected chi connectivity index (χ4v) is 7.04. The van der Waals surface area contributed by atoms with E-state index >= 15 is 0 Å². The van der Waals surface area contributed by atoms with E-state index in [1.165, 1.54) is 70.6 Å². The van der Waals surface area contributed by atoms with E-state index in [1.54, 1.807) is 0 Å². The molecule has 6 nitrogen and oxygen atoms in total. The molecule has 3 N–H and O–H groups in total. The lowest BCUT2D eigenvalue weighted by Gasteiger charge is -2.24. The molecule has 0 fully saturated rings. The molecule has 0 saturated heterocycles. The second kappa shape index (κ2) is 47.1. The minimum absolute atomic E-state index is 0.0382. The number of esters is 1. The summed E-state index contributed by atoms with van der Waals surface area (Å²) in [5.41, 5.74) is 0. The summed E-state index contributed by atoms with van der Waals surface area (Å²) in [6.45, 7) is 6.30. The number of aliphatic hydroxyl groups excluding tert-OH is 2. The van der Waals surface area contributed by atoms with Crippen molar-refractivity contribution in [3.05, 3.63) is 85.1 Å². The zero-order valence-electron chi connectivity index (χ0n) is 39.1. The second-order valence-electron chi connectivity index (χ2n) is 16.6. The van der Waals surface area contributed by atoms with Gasteiger partial charge in [-0.2, -0.15) is 0 Å². The van der Waals surface area contributed by atoms with E-state index in [1.807, 2.05) is 6.08 Å². The van der Waals surface area contributed by atoms with Gasteiger partial charge in [0.05, 0.1) is 25.2 Å². The molecule has 0 aromatic rings. The maximum absolute atomic E-state index is 13.2. The first-order valence-electron chi connectivity index (χ1n) is 24.9. The predicted molar refractivity (Wildman–Crippen MR) is 259 cm³/mol. The molecule has 0 saturated carbocycles. The van der Waals surface area contributed by atoms with E-state index in [9.17, 15) is 19.8 Å². The molecule has 0 spiro atoms. The monoisotopic (exact) mass is 836 g/mol. The Morgan fingerprint density at radius 1 is 0.517 bits per heavy atom. The molecule has 0 aromatic carbocycles. The van der Waals surface area contributed by atoms with Crippen molar-refractivity contribution in [1.29, 1.82) is 0 Å². The number of allylic oxidation sites excluding steroid dienone is 14. The van der Waals surface area contributed by atoms with Crippen LogP contribution in [0.25, 0.3) is 0 Å². The summed E-state index contributed by atoms with van der Waals surface area (Å²) in [4.78, 5) is 26.1. The number of hydrogen-bond acceptors (Lipinski definition) is 5. The zero-order valence-corrected chi connectivity index (χ0v) is 39.1. The summed E-state index contributed by atoms with van der Waals surface area (Å²) in [6.07, 6.45) is 60.6. The Hall–Kier alpha value is -2.96. The van der Waals surface area contributed by atoms with Gasteiger partial charge in [0.15, 0.2) is 0 Å². The lowest BCUT2D eigenvalue weighted by atomic mass is 10.0. The van der Waals surface area contributed by atoms with E-state index in [0.717, 1.165) is 103 Å². The largest absolute Gasteiger partial charge is 0.462 e. The standard InChI is InChI=1S/C54H93NO5/c1-4-7-10-13-16-19-22-24-26-27-28-31-33-36-39-42-45-50(60-54(59)47-44-41-38-35-32-29-25-23-20-17-14-11-8-5-2)48-53(58)55-51(49-56)52(57)46-43-40-37-34-30-21-18-15-12-9-6-3/h8,11,16-17,19-20,22,24-29,31,50-52,56-57H,4-7,9-10,12-15,18,21,23,30,32-49H2,1-3H3,(H,55,58)/b11-8+,19-16+,20-17+,24-22+,27-26+,29-25+,31-28+. The third-order valence-electron chi connectivity index (χ3n) is 10.8. The Labute approximate surface area is 370 Å². The predicted octanol–water partition coefficient (Wildman–Crippen LogP) is 14.8. The quantitative estimate of drug-likeness (QED) is 0.0246. The highest BCUT2D eigenvalue weighted by molar-refractivity contribution is 5.77. The van der Waals surface area contributed by atoms with Crippen molar-refractivity contribution in [1.82, 2.24) is 5.32 Å². The lowest BCUT2D eigenvalue weighted by Crippen LogP contribution is -2.46. The summed E-state index contributed by atoms with van der Waals surface area (Å²) in [5.74, 6) is -0.545. The van der Waals surface area contributed by atoms with Crippen LogP contribution in [0.15, 0.2) is 85.1 Å². The molecule has 1 amide bonds. The summed E-state index contributed by atoms with van der Waals surface area (Å²) >= 11 is 0. The van der Waals surface area contributed by atoms with Gasteiger partial charge in [0.1, 0.15) is 6.10 Å². The topological polar surface area (TPSA) is 95.9 Å². The van der Waals surface area contributed by atoms with Gasteiger partial charge < -0.3 is 20.3 Å². The first kappa shape index (κ1) is 57.0. The van der Waals surface area contributed by atoms with Gasteiger partial charge in [0.25, 0.3) is 0 Å². The average Bonchev–Trinajstić information content (AvgIpc) is 3.24. The minimum atomic E-state index is -0.806. The maximum Gasteiger partial charge on any atom is 0.306 e. The third kappa shape index (κ3) is 41.8. The van der Waals surface area contributed by atoms with Crippen LogP contribution >= 0.6 is 0 Å². The second-order valence-corrected chi connectivity index (χ2v) is 16.6. The number of unbranched alkanes of at least 4 members (excludes halogenated alkanes) is 20. The van der Waals surface area contributed by atoms with E-state index in [2.05, 4.69) is 105 Å². The summed E-state index contributed by atoms with van der Waals surface area (Å²) in [6, 6.07) is -0.723. The fraction of sp³-hybridized carbons (Fsp3) is 0.704. The Bertz CT molecular complexity index is 1160. The number of ether oxygens (including phenoxy) is 1. The van der Waals surface area contributed by atoms with Gasteiger partial charge in [0, 0.05) is 6.42 Å². The van der Waals surface area contributed by atoms with Gasteiger partial charge in [-0.05, 0) is 83.5 Å². The molecule has 0 aliphatic carbocycles. The minimum Gasteiger partial charge on any atom is -0.462 e. The summed E-state index contributed by atoms with van der Waals surface area (Å²) in [7, 11) is 0. The molecule has 0 bridgehead atoms. The van der Waals surface area contributed by atoms with E-state index in [0.29, 0.717) is 19.3 Å². The summed E-state index contributed by atoms with van der Waals surface area (Å²) < 4.78 is 5.90. The fourth-order valence-electron chi connectivity index (χ4n) is 7.04. The SMILES string of the molecule is CC/C=C/C/C=C/C/C=C/CCCCCCC(=O)OC(CCCCC/C=C/C=C/C=C/C=C/CCCCC)CC(=O)NC(CO)C(O)CCCCCCCCCCCCC. The Morgan fingerprint density at radius 3 is 1.57 bits per heavy atom. The number of amides is 1. The smallest absolute Gasteiger partial charge is 0.306 e. The first-order valence-corrected chi connectivity index (χ1v) is 24.9. The van der Waals surface area contributed by atoms with Crippen LogP contribution in [0.2, 0.25) is 0 Å². The van der Waals surface area contributed by atoms with Crippen LogP contribution in [0, 0.1) is 0 Å². The van der Waals surface area contributed by atoms with Crippen LogP contribution in [0.5, 0.6) is 0 Å². The number of aliphatic hydroxyl groups is 2. The maximum atomic E-state index is 13.2. The molecule has 6 heteroatoms. The van der Waals surface area contributed by atoms with Gasteiger partial charge >= 0.3 is 5.97 Å². The number of carbonyl (C=O) groups is 2. The summed E-state index contributed by atoms with van der Waals surface area (Å²) in [5, 5.41) is 23.7. The van der Waals surface area contributed by atoms with Gasteiger partial charge in [-0.15, -0.1) is 0 Å². The van der Waals surface area contributed by atoms with Crippen LogP contribution in [-0.2, 0) is 14.3 Å². The molecular formula is C54H93NO5. The van der Waals surface area contributed by atoms with E-state index in [4.69, 9.17) is 4.74 Å². The molecule has 0 rings (SSSR count). The van der Waals surface area contributed by atoms with Crippen molar-refractivity contribution in [2.45, 2.75) is 238 Å². The molecule has 3 unspecified atom stereocenters. The molecule has 0 aliphatic rings. The van der Waals surface area contributed by atoms with Crippen LogP contribution < -0.4 is 5.32 Å². The van der Waals surface area contributed by atoms with Gasteiger partial charge in [-0.25, -0.2) is 0 Å². The molecule has 0 aromatic heterocycles. The lowest BCUT2D eigenvalue weighted by molar-refractivity contribution is -0.151. The van der Waals surface area contributed by atoms with Crippen molar-refractivity contribution >= 4 is 11.9 Å². The zero-order chi connectivity index (χ0) is 43.8. The van der Waals surface area contributed by atoms with Crippen LogP contribution in [0.1, 0.15) is 220 Å². The van der Waals surface area contributed by atoms with E-state index < -0.39 is 18.2 Å². The first-order chi connectivity index (χ1) is 29.5. The third-order valence-corrected chi connectivity index (χ3v) is 10.8. The van der Waals surface area contributed by atoms with Gasteiger partial charge in [0.2, 0.25) is 5.91 Å². The van der Waals surface area contributed by atoms with Crippen molar-refractivity contribution < 1.29 is 24.5 Å². The highest BCUT2D eigenvalue weighted by atomic mass is 16.5. The van der Waals surface area contributed by atoms with Crippen LogP contribution in [-0.4, -0.2) is 46.9 Å². The van der Waals surface area contributed by atoms with Crippen LogP contribution in [0.4, 0.5) is 0 Å². The normalized spacial score (nSPS) is 14.0. The Morgan fingerprint density at radius 2 is 0.967 bits per heavy atom. The number of hydrogen-bond donors (Lipinski definition) is 3. The van der Waals surface area contributed by atoms with Gasteiger partial charge in [-0.3, -0.25) is 9.59 Å². The Balaban J connectivity index is 4.75. The van der Waals surface area contributed by atoms with Gasteiger partial charge in [-0.1, -0.05) is 209 Å². The highest BCUT2D eigenvalue weighted by Gasteiger charge is 2.24. The molecule has 0 radical (unpaired) electrons. The van der Waals surface area contributed by atoms with Crippen molar-refractivity contribution in [3.8, 4) is 0 Å².